The van der Waals surface area contributed by atoms with Crippen molar-refractivity contribution in [1.29, 1.82) is 0 Å². The summed E-state index contributed by atoms with van der Waals surface area (Å²) in [5, 5.41) is 27.8. The molecule has 6 nitrogen and oxygen atoms in total. The van der Waals surface area contributed by atoms with E-state index < -0.39 is 24.6 Å². The summed E-state index contributed by atoms with van der Waals surface area (Å²) in [5.41, 5.74) is 1.06. The fourth-order valence-corrected chi connectivity index (χ4v) is 1.46. The van der Waals surface area contributed by atoms with Crippen LogP contribution in [0.3, 0.4) is 0 Å². The van der Waals surface area contributed by atoms with Crippen LogP contribution in [0.4, 0.5) is 0 Å². The lowest BCUT2D eigenvalue weighted by molar-refractivity contribution is -0.141. The zero-order chi connectivity index (χ0) is 13.0. The van der Waals surface area contributed by atoms with Crippen molar-refractivity contribution < 1.29 is 24.9 Å². The van der Waals surface area contributed by atoms with E-state index in [4.69, 9.17) is 9.84 Å². The highest BCUT2D eigenvalue weighted by Crippen LogP contribution is 2.23. The number of ether oxygens (including phenoxy) is 1. The second-order valence-electron chi connectivity index (χ2n) is 3.69. The Balaban J connectivity index is 2.88. The molecule has 0 aliphatic rings. The topological polar surface area (TPSA) is 99.9 Å². The summed E-state index contributed by atoms with van der Waals surface area (Å²) in [6.45, 7) is 1.72. The van der Waals surface area contributed by atoms with Gasteiger partial charge in [0.05, 0.1) is 19.6 Å². The summed E-state index contributed by atoms with van der Waals surface area (Å²) in [5.74, 6) is -0.776. The molecule has 1 heterocycles. The molecule has 0 aliphatic heterocycles. The first-order valence-electron chi connectivity index (χ1n) is 5.04. The molecule has 0 fully saturated rings. The molecule has 0 saturated heterocycles. The second-order valence-corrected chi connectivity index (χ2v) is 3.69. The Hall–Kier alpha value is -1.66. The van der Waals surface area contributed by atoms with Crippen molar-refractivity contribution in [3.63, 3.8) is 0 Å². The van der Waals surface area contributed by atoms with Gasteiger partial charge in [0.1, 0.15) is 6.10 Å². The number of hydrogen-bond acceptors (Lipinski definition) is 5. The van der Waals surface area contributed by atoms with Crippen LogP contribution in [-0.2, 0) is 4.79 Å². The van der Waals surface area contributed by atoms with Crippen LogP contribution < -0.4 is 4.74 Å². The van der Waals surface area contributed by atoms with Crippen LogP contribution in [-0.4, -0.2) is 39.5 Å². The highest BCUT2D eigenvalue weighted by Gasteiger charge is 2.23. The molecular formula is C11H15NO5. The van der Waals surface area contributed by atoms with Gasteiger partial charge in [-0.25, -0.2) is 4.98 Å². The van der Waals surface area contributed by atoms with Crippen LogP contribution in [0.5, 0.6) is 5.88 Å². The monoisotopic (exact) mass is 241 g/mol. The highest BCUT2D eigenvalue weighted by molar-refractivity contribution is 5.67. The molecule has 2 atom stereocenters. The Kier molecular flexibility index (Phi) is 4.42. The van der Waals surface area contributed by atoms with E-state index in [0.717, 1.165) is 0 Å². The molecule has 1 rings (SSSR count). The van der Waals surface area contributed by atoms with E-state index in [9.17, 15) is 15.0 Å². The largest absolute Gasteiger partial charge is 0.481 e. The fraction of sp³-hybridized carbons (Fsp3) is 0.455. The van der Waals surface area contributed by atoms with Crippen molar-refractivity contribution in [2.75, 3.05) is 7.11 Å². The van der Waals surface area contributed by atoms with E-state index in [1.165, 1.54) is 13.3 Å². The van der Waals surface area contributed by atoms with Crippen molar-refractivity contribution in [3.05, 3.63) is 23.4 Å². The van der Waals surface area contributed by atoms with Gasteiger partial charge in [0.2, 0.25) is 5.88 Å². The fourth-order valence-electron chi connectivity index (χ4n) is 1.46. The third kappa shape index (κ3) is 3.40. The number of pyridine rings is 1. The van der Waals surface area contributed by atoms with Crippen LogP contribution in [0, 0.1) is 6.92 Å². The number of aliphatic carboxylic acids is 1. The second kappa shape index (κ2) is 5.60. The lowest BCUT2D eigenvalue weighted by Crippen LogP contribution is -2.22. The van der Waals surface area contributed by atoms with Crippen LogP contribution in [0.2, 0.25) is 0 Å². The maximum Gasteiger partial charge on any atom is 0.306 e. The first kappa shape index (κ1) is 13.4. The first-order valence-corrected chi connectivity index (χ1v) is 5.04. The summed E-state index contributed by atoms with van der Waals surface area (Å²) >= 11 is 0. The normalized spacial score (nSPS) is 14.1. The average Bonchev–Trinajstić information content (AvgIpc) is 2.27. The van der Waals surface area contributed by atoms with Gasteiger partial charge in [-0.2, -0.15) is 0 Å². The number of nitrogens with zero attached hydrogens (tertiary/aromatic N) is 1. The quantitative estimate of drug-likeness (QED) is 0.684. The number of rotatable bonds is 5. The van der Waals surface area contributed by atoms with E-state index in [1.54, 1.807) is 13.0 Å². The van der Waals surface area contributed by atoms with E-state index in [0.29, 0.717) is 17.0 Å². The van der Waals surface area contributed by atoms with Gasteiger partial charge < -0.3 is 20.1 Å². The molecule has 0 spiro atoms. The number of aromatic nitrogens is 1. The molecule has 0 radical (unpaired) electrons. The third-order valence-electron chi connectivity index (χ3n) is 2.40. The van der Waals surface area contributed by atoms with E-state index >= 15 is 0 Å². The van der Waals surface area contributed by atoms with Crippen molar-refractivity contribution in [2.45, 2.75) is 25.6 Å². The predicted molar refractivity (Wildman–Crippen MR) is 58.7 cm³/mol. The third-order valence-corrected chi connectivity index (χ3v) is 2.40. The Morgan fingerprint density at radius 1 is 1.53 bits per heavy atom. The molecule has 1 aromatic rings. The van der Waals surface area contributed by atoms with E-state index in [1.807, 2.05) is 0 Å². The van der Waals surface area contributed by atoms with Crippen LogP contribution in [0.1, 0.15) is 23.7 Å². The molecule has 0 bridgehead atoms. The lowest BCUT2D eigenvalue weighted by Gasteiger charge is -2.18. The van der Waals surface area contributed by atoms with Gasteiger partial charge in [-0.1, -0.05) is 0 Å². The number of carboxylic acids is 1. The molecule has 0 amide bonds. The number of carboxylic acid groups (broad SMARTS) is 1. The number of aryl methyl sites for hydroxylation is 1. The van der Waals surface area contributed by atoms with Crippen molar-refractivity contribution in [2.24, 2.45) is 0 Å². The van der Waals surface area contributed by atoms with Gasteiger partial charge in [-0.15, -0.1) is 0 Å². The predicted octanol–water partition coefficient (Wildman–Crippen LogP) is 0.268. The Bertz CT molecular complexity index is 407. The van der Waals surface area contributed by atoms with Gasteiger partial charge in [0.15, 0.2) is 0 Å². The summed E-state index contributed by atoms with van der Waals surface area (Å²) in [6.07, 6.45) is -1.79. The molecule has 3 N–H and O–H groups in total. The number of aliphatic hydroxyl groups excluding tert-OH is 2. The van der Waals surface area contributed by atoms with Gasteiger partial charge in [-0.05, 0) is 12.5 Å². The van der Waals surface area contributed by atoms with Crippen LogP contribution in [0.25, 0.3) is 0 Å². The van der Waals surface area contributed by atoms with Gasteiger partial charge in [0, 0.05) is 17.8 Å². The van der Waals surface area contributed by atoms with E-state index in [2.05, 4.69) is 4.98 Å². The van der Waals surface area contributed by atoms with Gasteiger partial charge in [0.25, 0.3) is 0 Å². The molecular weight excluding hydrogens is 226 g/mol. The summed E-state index contributed by atoms with van der Waals surface area (Å²) in [6, 6.07) is 1.60. The molecule has 0 aromatic carbocycles. The molecule has 2 unspecified atom stereocenters. The molecule has 1 aromatic heterocycles. The zero-order valence-corrected chi connectivity index (χ0v) is 9.62. The zero-order valence-electron chi connectivity index (χ0n) is 9.62. The summed E-state index contributed by atoms with van der Waals surface area (Å²) < 4.78 is 4.91. The highest BCUT2D eigenvalue weighted by atomic mass is 16.5. The molecule has 6 heteroatoms. The minimum Gasteiger partial charge on any atom is -0.481 e. The summed E-state index contributed by atoms with van der Waals surface area (Å²) in [7, 11) is 1.47. The molecule has 94 valence electrons. The maximum absolute atomic E-state index is 10.4. The van der Waals surface area contributed by atoms with Crippen LogP contribution in [0.15, 0.2) is 12.3 Å². The SMILES string of the molecule is COc1cc(C)c(C(O)C(O)CC(=O)O)cn1. The smallest absolute Gasteiger partial charge is 0.306 e. The minimum atomic E-state index is -1.36. The minimum absolute atomic E-state index is 0.388. The number of aliphatic hydroxyl groups is 2. The van der Waals surface area contributed by atoms with Crippen molar-refractivity contribution in [3.8, 4) is 5.88 Å². The average molecular weight is 241 g/mol. The molecule has 17 heavy (non-hydrogen) atoms. The summed E-state index contributed by atoms with van der Waals surface area (Å²) in [4.78, 5) is 14.3. The number of carbonyl (C=O) groups is 1. The van der Waals surface area contributed by atoms with Gasteiger partial charge >= 0.3 is 5.97 Å². The van der Waals surface area contributed by atoms with Gasteiger partial charge in [-0.3, -0.25) is 4.79 Å². The first-order chi connectivity index (χ1) is 7.95. The van der Waals surface area contributed by atoms with E-state index in [-0.39, 0.29) is 0 Å². The Labute approximate surface area is 98.5 Å². The number of hydrogen-bond donors (Lipinski definition) is 3. The standard InChI is InChI=1S/C11H15NO5/c1-6-3-9(17-2)12-5-7(6)11(16)8(13)4-10(14)15/h3,5,8,11,13,16H,4H2,1-2H3,(H,14,15). The number of methoxy groups -OCH3 is 1. The Morgan fingerprint density at radius 3 is 2.65 bits per heavy atom. The molecule has 0 saturated carbocycles. The van der Waals surface area contributed by atoms with Crippen LogP contribution >= 0.6 is 0 Å². The molecule has 0 aliphatic carbocycles. The maximum atomic E-state index is 10.4. The van der Waals surface area contributed by atoms with Crippen molar-refractivity contribution in [1.82, 2.24) is 4.98 Å². The lowest BCUT2D eigenvalue weighted by atomic mass is 10.00. The Morgan fingerprint density at radius 2 is 2.18 bits per heavy atom. The van der Waals surface area contributed by atoms with Crippen molar-refractivity contribution >= 4 is 5.97 Å².